The number of hydrogen-bond acceptors (Lipinski definition) is 7. The average Bonchev–Trinajstić information content (AvgIpc) is 3.30. The molecule has 2 aromatic heterocycles. The van der Waals surface area contributed by atoms with Crippen LogP contribution in [-0.4, -0.2) is 67.0 Å². The largest absolute Gasteiger partial charge is 0.392 e. The summed E-state index contributed by atoms with van der Waals surface area (Å²) < 4.78 is 7.28. The summed E-state index contributed by atoms with van der Waals surface area (Å²) in [5, 5.41) is 22.5. The van der Waals surface area contributed by atoms with Crippen LogP contribution in [0.25, 0.3) is 0 Å². The third kappa shape index (κ3) is 3.37. The van der Waals surface area contributed by atoms with E-state index in [0.717, 1.165) is 28.7 Å². The summed E-state index contributed by atoms with van der Waals surface area (Å²) in [4.78, 5) is 16.6. The smallest absolute Gasteiger partial charge is 0.223 e. The predicted molar refractivity (Wildman–Crippen MR) is 95.7 cm³/mol. The van der Waals surface area contributed by atoms with E-state index in [4.69, 9.17) is 4.52 Å². The fourth-order valence-corrected chi connectivity index (χ4v) is 4.16. The van der Waals surface area contributed by atoms with Gasteiger partial charge in [0, 0.05) is 31.6 Å². The number of carbonyl (C=O) groups is 1. The molecule has 0 saturated carbocycles. The molecule has 0 radical (unpaired) electrons. The van der Waals surface area contributed by atoms with Crippen LogP contribution in [0.1, 0.15) is 47.5 Å². The number of fused-ring (bicyclic) bond motifs is 1. The number of amides is 1. The van der Waals surface area contributed by atoms with Crippen molar-refractivity contribution >= 4 is 5.91 Å². The van der Waals surface area contributed by atoms with Crippen LogP contribution < -0.4 is 0 Å². The summed E-state index contributed by atoms with van der Waals surface area (Å²) in [7, 11) is 2.00. The second-order valence-electron chi connectivity index (χ2n) is 7.59. The van der Waals surface area contributed by atoms with Crippen molar-refractivity contribution in [2.45, 2.75) is 58.3 Å². The molecule has 1 fully saturated rings. The summed E-state index contributed by atoms with van der Waals surface area (Å²) in [6.07, 6.45) is 1.42. The van der Waals surface area contributed by atoms with Gasteiger partial charge in [-0.1, -0.05) is 5.16 Å². The highest BCUT2D eigenvalue weighted by molar-refractivity contribution is 5.76. The quantitative estimate of drug-likeness (QED) is 0.836. The maximum atomic E-state index is 12.7. The number of hydrogen-bond donors (Lipinski definition) is 1. The normalized spacial score (nSPS) is 23.0. The van der Waals surface area contributed by atoms with Crippen molar-refractivity contribution in [3.05, 3.63) is 28.7 Å². The third-order valence-electron chi connectivity index (χ3n) is 5.73. The molecule has 4 heterocycles. The number of nitrogens with zero attached hydrogens (tertiary/aromatic N) is 6. The highest BCUT2D eigenvalue weighted by Gasteiger charge is 2.35. The van der Waals surface area contributed by atoms with Gasteiger partial charge in [0.1, 0.15) is 5.76 Å². The van der Waals surface area contributed by atoms with Crippen LogP contribution in [0.3, 0.4) is 0 Å². The number of carbonyl (C=O) groups excluding carboxylic acids is 1. The van der Waals surface area contributed by atoms with Crippen molar-refractivity contribution in [1.29, 1.82) is 0 Å². The SMILES string of the molecule is Cc1noc(C)c1CCC(=O)N1CCn2c(nnc2[C@@H]2C[C@@H](O)CN2C)C1. The second kappa shape index (κ2) is 7.05. The van der Waals surface area contributed by atoms with Gasteiger partial charge in [0.25, 0.3) is 0 Å². The monoisotopic (exact) mass is 374 g/mol. The van der Waals surface area contributed by atoms with Crippen LogP contribution >= 0.6 is 0 Å². The van der Waals surface area contributed by atoms with E-state index in [9.17, 15) is 9.90 Å². The Bertz CT molecular complexity index is 825. The molecule has 4 rings (SSSR count). The number of aliphatic hydroxyl groups excluding tert-OH is 1. The molecule has 9 heteroatoms. The van der Waals surface area contributed by atoms with E-state index >= 15 is 0 Å². The highest BCUT2D eigenvalue weighted by Crippen LogP contribution is 2.31. The fourth-order valence-electron chi connectivity index (χ4n) is 4.16. The molecule has 0 aliphatic carbocycles. The highest BCUT2D eigenvalue weighted by atomic mass is 16.5. The fraction of sp³-hybridized carbons (Fsp3) is 0.667. The summed E-state index contributed by atoms with van der Waals surface area (Å²) in [5.74, 6) is 2.61. The topological polar surface area (TPSA) is 101 Å². The Morgan fingerprint density at radius 1 is 1.30 bits per heavy atom. The number of aryl methyl sites for hydroxylation is 2. The molecule has 1 saturated heterocycles. The Kier molecular flexibility index (Phi) is 4.73. The molecule has 146 valence electrons. The first-order chi connectivity index (χ1) is 12.9. The van der Waals surface area contributed by atoms with Crippen molar-refractivity contribution in [2.24, 2.45) is 0 Å². The van der Waals surface area contributed by atoms with Crippen molar-refractivity contribution in [2.75, 3.05) is 20.1 Å². The lowest BCUT2D eigenvalue weighted by Gasteiger charge is -2.29. The first kappa shape index (κ1) is 18.1. The molecule has 0 aromatic carbocycles. The van der Waals surface area contributed by atoms with Crippen LogP contribution in [-0.2, 0) is 24.3 Å². The van der Waals surface area contributed by atoms with E-state index in [1.165, 1.54) is 0 Å². The number of aromatic nitrogens is 4. The van der Waals surface area contributed by atoms with E-state index < -0.39 is 0 Å². The minimum atomic E-state index is -0.320. The number of aliphatic hydroxyl groups is 1. The zero-order valence-corrected chi connectivity index (χ0v) is 16.1. The number of likely N-dealkylation sites (N-methyl/N-ethyl adjacent to an activating group) is 1. The average molecular weight is 374 g/mol. The number of likely N-dealkylation sites (tertiary alicyclic amines) is 1. The Morgan fingerprint density at radius 2 is 2.11 bits per heavy atom. The van der Waals surface area contributed by atoms with Gasteiger partial charge in [-0.05, 0) is 33.7 Å². The number of β-amino-alcohol motifs (C(OH)–C–C–N with tert-alkyl or cyclic N) is 1. The first-order valence-electron chi connectivity index (χ1n) is 9.44. The van der Waals surface area contributed by atoms with Crippen molar-refractivity contribution in [3.8, 4) is 0 Å². The van der Waals surface area contributed by atoms with E-state index in [2.05, 4.69) is 24.8 Å². The first-order valence-corrected chi connectivity index (χ1v) is 9.44. The van der Waals surface area contributed by atoms with E-state index in [0.29, 0.717) is 45.4 Å². The molecule has 2 aliphatic heterocycles. The Hall–Kier alpha value is -2.26. The maximum Gasteiger partial charge on any atom is 0.223 e. The molecule has 0 unspecified atom stereocenters. The zero-order chi connectivity index (χ0) is 19.1. The molecular formula is C18H26N6O3. The molecular weight excluding hydrogens is 348 g/mol. The van der Waals surface area contributed by atoms with Crippen molar-refractivity contribution in [1.82, 2.24) is 29.7 Å². The summed E-state index contributed by atoms with van der Waals surface area (Å²) in [5.41, 5.74) is 1.87. The van der Waals surface area contributed by atoms with Gasteiger partial charge in [-0.3, -0.25) is 9.69 Å². The molecule has 2 aliphatic rings. The summed E-state index contributed by atoms with van der Waals surface area (Å²) in [6.45, 7) is 6.25. The van der Waals surface area contributed by atoms with Crippen molar-refractivity contribution in [3.63, 3.8) is 0 Å². The van der Waals surface area contributed by atoms with Gasteiger partial charge in [0.15, 0.2) is 11.6 Å². The lowest BCUT2D eigenvalue weighted by molar-refractivity contribution is -0.132. The molecule has 1 amide bonds. The molecule has 1 N–H and O–H groups in total. The van der Waals surface area contributed by atoms with Crippen LogP contribution in [0, 0.1) is 13.8 Å². The van der Waals surface area contributed by atoms with Gasteiger partial charge in [0.2, 0.25) is 5.91 Å². The standard InChI is InChI=1S/C18H26N6O3/c1-11-14(12(2)27-21-11)4-5-17(26)23-6-7-24-16(10-23)19-20-18(24)15-8-13(25)9-22(15)3/h13,15,25H,4-10H2,1-3H3/t13-,15+/m1/s1. The minimum Gasteiger partial charge on any atom is -0.392 e. The molecule has 9 nitrogen and oxygen atoms in total. The third-order valence-corrected chi connectivity index (χ3v) is 5.73. The lowest BCUT2D eigenvalue weighted by Crippen LogP contribution is -2.39. The predicted octanol–water partition coefficient (Wildman–Crippen LogP) is 0.595. The maximum absolute atomic E-state index is 12.7. The van der Waals surface area contributed by atoms with Crippen LogP contribution in [0.4, 0.5) is 0 Å². The van der Waals surface area contributed by atoms with E-state index in [1.54, 1.807) is 0 Å². The molecule has 27 heavy (non-hydrogen) atoms. The molecule has 0 bridgehead atoms. The summed E-state index contributed by atoms with van der Waals surface area (Å²) >= 11 is 0. The number of rotatable bonds is 4. The molecule has 2 atom stereocenters. The van der Waals surface area contributed by atoms with Crippen molar-refractivity contribution < 1.29 is 14.4 Å². The Balaban J connectivity index is 1.41. The molecule has 0 spiro atoms. The van der Waals surface area contributed by atoms with E-state index in [1.807, 2.05) is 25.8 Å². The Labute approximate surface area is 157 Å². The van der Waals surface area contributed by atoms with Crippen LogP contribution in [0.2, 0.25) is 0 Å². The van der Waals surface area contributed by atoms with Gasteiger partial charge in [-0.2, -0.15) is 0 Å². The van der Waals surface area contributed by atoms with Crippen LogP contribution in [0.5, 0.6) is 0 Å². The van der Waals surface area contributed by atoms with Gasteiger partial charge in [0.05, 0.1) is 24.4 Å². The van der Waals surface area contributed by atoms with Gasteiger partial charge in [-0.25, -0.2) is 0 Å². The molecule has 2 aromatic rings. The summed E-state index contributed by atoms with van der Waals surface area (Å²) in [6, 6.07) is 0.0862. The lowest BCUT2D eigenvalue weighted by atomic mass is 10.1. The Morgan fingerprint density at radius 3 is 2.78 bits per heavy atom. The van der Waals surface area contributed by atoms with E-state index in [-0.39, 0.29) is 18.1 Å². The second-order valence-corrected chi connectivity index (χ2v) is 7.59. The van der Waals surface area contributed by atoms with Gasteiger partial charge < -0.3 is 19.1 Å². The zero-order valence-electron chi connectivity index (χ0n) is 16.1. The van der Waals surface area contributed by atoms with Gasteiger partial charge >= 0.3 is 0 Å². The van der Waals surface area contributed by atoms with Gasteiger partial charge in [-0.15, -0.1) is 10.2 Å². The van der Waals surface area contributed by atoms with Crippen LogP contribution in [0.15, 0.2) is 4.52 Å². The minimum absolute atomic E-state index is 0.0862.